The van der Waals surface area contributed by atoms with Crippen LogP contribution in [0.15, 0.2) is 54.6 Å². The summed E-state index contributed by atoms with van der Waals surface area (Å²) in [5.41, 5.74) is 0.837. The normalized spacial score (nSPS) is 11.5. The maximum atomic E-state index is 12.9. The van der Waals surface area contributed by atoms with Crippen molar-refractivity contribution in [2.75, 3.05) is 5.23 Å². The Kier molecular flexibility index (Phi) is 4.94. The van der Waals surface area contributed by atoms with E-state index in [1.54, 1.807) is 55.5 Å². The fourth-order valence-corrected chi connectivity index (χ4v) is 3.62. The minimum Gasteiger partial charge on any atom is -0.872 e. The molecule has 4 aromatic rings. The minimum atomic E-state index is -0.611. The molecule has 31 heavy (non-hydrogen) atoms. The van der Waals surface area contributed by atoms with Gasteiger partial charge in [0.25, 0.3) is 5.69 Å². The zero-order chi connectivity index (χ0) is 22.3. The van der Waals surface area contributed by atoms with Crippen LogP contribution < -0.4 is 15.4 Å². The Labute approximate surface area is 176 Å². The van der Waals surface area contributed by atoms with Gasteiger partial charge in [-0.2, -0.15) is 0 Å². The van der Waals surface area contributed by atoms with E-state index >= 15 is 0 Å². The second kappa shape index (κ2) is 7.60. The number of fused-ring (bicyclic) bond motifs is 2. The van der Waals surface area contributed by atoms with Gasteiger partial charge in [-0.3, -0.25) is 20.5 Å². The highest BCUT2D eigenvalue weighted by Crippen LogP contribution is 2.39. The molecule has 0 spiro atoms. The standard InChI is InChI=1S/C23H18N2O6/c1-13-10-15(21(25(30)31)12-20(13)24(28)29)8-6-14-7-9-18-19(11-14)23(27)17-5-3-2-4-16(17)22(18)26/h2-12,26-27,30-31H,1H3/p-2. The number of hydrogen-bond acceptors (Lipinski definition) is 7. The van der Waals surface area contributed by atoms with E-state index in [1.807, 2.05) is 0 Å². The summed E-state index contributed by atoms with van der Waals surface area (Å²) in [5.74, 6) is -0.463. The van der Waals surface area contributed by atoms with E-state index in [1.165, 1.54) is 12.1 Å². The molecule has 0 aliphatic rings. The molecule has 156 valence electrons. The number of nitrogens with zero attached hydrogens (tertiary/aromatic N) is 2. The highest BCUT2D eigenvalue weighted by atomic mass is 16.8. The Bertz CT molecular complexity index is 1380. The molecule has 0 fully saturated rings. The average Bonchev–Trinajstić information content (AvgIpc) is 2.75. The topological polar surface area (TPSA) is 133 Å². The molecule has 8 heteroatoms. The first-order valence-electron chi connectivity index (χ1n) is 9.25. The Morgan fingerprint density at radius 2 is 1.48 bits per heavy atom. The Hall–Kier alpha value is -4.14. The number of rotatable bonds is 4. The van der Waals surface area contributed by atoms with Crippen LogP contribution in [0.3, 0.4) is 0 Å². The van der Waals surface area contributed by atoms with Crippen LogP contribution in [0, 0.1) is 17.0 Å². The van der Waals surface area contributed by atoms with Gasteiger partial charge in [-0.05, 0) is 46.2 Å². The van der Waals surface area contributed by atoms with Crippen LogP contribution >= 0.6 is 0 Å². The quantitative estimate of drug-likeness (QED) is 0.221. The highest BCUT2D eigenvalue weighted by molar-refractivity contribution is 6.10. The number of aryl methyl sites for hydroxylation is 1. The second-order valence-corrected chi connectivity index (χ2v) is 7.09. The molecule has 0 saturated heterocycles. The van der Waals surface area contributed by atoms with Gasteiger partial charge in [-0.15, -0.1) is 5.23 Å². The molecule has 0 aromatic heterocycles. The van der Waals surface area contributed by atoms with E-state index < -0.39 is 4.92 Å². The van der Waals surface area contributed by atoms with Crippen molar-refractivity contribution in [3.63, 3.8) is 0 Å². The number of hydrogen-bond donors (Lipinski definition) is 2. The van der Waals surface area contributed by atoms with Crippen LogP contribution in [0.5, 0.6) is 11.5 Å². The largest absolute Gasteiger partial charge is 0.872 e. The van der Waals surface area contributed by atoms with Crippen molar-refractivity contribution in [2.45, 2.75) is 6.92 Å². The van der Waals surface area contributed by atoms with Gasteiger partial charge in [0.1, 0.15) is 5.69 Å². The predicted octanol–water partition coefficient (Wildman–Crippen LogP) is 4.11. The third kappa shape index (κ3) is 3.50. The first kappa shape index (κ1) is 20.1. The van der Waals surface area contributed by atoms with Gasteiger partial charge in [0.15, 0.2) is 0 Å². The minimum absolute atomic E-state index is 0.174. The summed E-state index contributed by atoms with van der Waals surface area (Å²) < 4.78 is 0. The van der Waals surface area contributed by atoms with E-state index in [-0.39, 0.29) is 33.5 Å². The van der Waals surface area contributed by atoms with Crippen molar-refractivity contribution in [3.8, 4) is 11.5 Å². The van der Waals surface area contributed by atoms with E-state index in [4.69, 9.17) is 0 Å². The molecule has 0 aliphatic heterocycles. The molecule has 2 N–H and O–H groups in total. The fraction of sp³-hybridized carbons (Fsp3) is 0.0435. The van der Waals surface area contributed by atoms with E-state index in [0.717, 1.165) is 6.07 Å². The number of nitro groups is 1. The molecule has 0 amide bonds. The molecule has 0 aliphatic carbocycles. The lowest BCUT2D eigenvalue weighted by Gasteiger charge is -2.22. The lowest BCUT2D eigenvalue weighted by atomic mass is 9.98. The summed E-state index contributed by atoms with van der Waals surface area (Å²) in [6.45, 7) is 1.54. The summed E-state index contributed by atoms with van der Waals surface area (Å²) in [6.07, 6.45) is 3.16. The molecule has 8 nitrogen and oxygen atoms in total. The second-order valence-electron chi connectivity index (χ2n) is 7.09. The Morgan fingerprint density at radius 3 is 2.10 bits per heavy atom. The first-order valence-corrected chi connectivity index (χ1v) is 9.25. The summed E-state index contributed by atoms with van der Waals surface area (Å²) in [4.78, 5) is 10.5. The van der Waals surface area contributed by atoms with Crippen molar-refractivity contribution >= 4 is 45.1 Å². The first-order chi connectivity index (χ1) is 14.8. The lowest BCUT2D eigenvalue weighted by Crippen LogP contribution is -2.13. The van der Waals surface area contributed by atoms with Crippen LogP contribution in [0.25, 0.3) is 33.7 Å². The van der Waals surface area contributed by atoms with Gasteiger partial charge in [0.2, 0.25) is 0 Å². The zero-order valence-corrected chi connectivity index (χ0v) is 16.3. The summed E-state index contributed by atoms with van der Waals surface area (Å²) in [5, 5.41) is 56.8. The summed E-state index contributed by atoms with van der Waals surface area (Å²) >= 11 is 0. The van der Waals surface area contributed by atoms with Crippen LogP contribution in [-0.4, -0.2) is 15.3 Å². The zero-order valence-electron chi connectivity index (χ0n) is 16.3. The Morgan fingerprint density at radius 1 is 0.871 bits per heavy atom. The van der Waals surface area contributed by atoms with Crippen molar-refractivity contribution in [2.24, 2.45) is 0 Å². The average molecular weight is 416 g/mol. The lowest BCUT2D eigenvalue weighted by molar-refractivity contribution is -0.385. The third-order valence-electron chi connectivity index (χ3n) is 5.16. The van der Waals surface area contributed by atoms with Gasteiger partial charge in [0.05, 0.1) is 4.92 Å². The van der Waals surface area contributed by atoms with Crippen LogP contribution in [0.1, 0.15) is 16.7 Å². The molecule has 4 rings (SSSR count). The number of anilines is 1. The van der Waals surface area contributed by atoms with Crippen molar-refractivity contribution in [1.82, 2.24) is 0 Å². The monoisotopic (exact) mass is 416 g/mol. The SMILES string of the molecule is Cc1cc(C=Cc2ccc3c([O-])c4ccccc4c([O-])c3c2)c(N(O)O)cc1[N+](=O)[O-]. The van der Waals surface area contributed by atoms with Gasteiger partial charge in [-0.1, -0.05) is 60.0 Å². The smallest absolute Gasteiger partial charge is 0.274 e. The molecule has 0 unspecified atom stereocenters. The molecular formula is C23H16N2O6-2. The molecule has 0 heterocycles. The highest BCUT2D eigenvalue weighted by Gasteiger charge is 2.17. The molecule has 0 bridgehead atoms. The van der Waals surface area contributed by atoms with Gasteiger partial charge < -0.3 is 10.2 Å². The summed E-state index contributed by atoms with van der Waals surface area (Å²) in [6, 6.07) is 14.0. The molecule has 0 radical (unpaired) electrons. The van der Waals surface area contributed by atoms with Crippen LogP contribution in [-0.2, 0) is 0 Å². The van der Waals surface area contributed by atoms with Gasteiger partial charge >= 0.3 is 0 Å². The van der Waals surface area contributed by atoms with E-state index in [9.17, 15) is 30.7 Å². The van der Waals surface area contributed by atoms with Gasteiger partial charge in [-0.25, -0.2) is 0 Å². The third-order valence-corrected chi connectivity index (χ3v) is 5.16. The van der Waals surface area contributed by atoms with Crippen LogP contribution in [0.4, 0.5) is 11.4 Å². The summed E-state index contributed by atoms with van der Waals surface area (Å²) in [7, 11) is 0. The Balaban J connectivity index is 1.82. The molecule has 0 atom stereocenters. The maximum absolute atomic E-state index is 12.9. The molecular weight excluding hydrogens is 400 g/mol. The van der Waals surface area contributed by atoms with Crippen molar-refractivity contribution in [1.29, 1.82) is 0 Å². The number of nitro benzene ring substituents is 1. The maximum Gasteiger partial charge on any atom is 0.274 e. The van der Waals surface area contributed by atoms with Crippen LogP contribution in [0.2, 0.25) is 0 Å². The fourth-order valence-electron chi connectivity index (χ4n) is 3.62. The molecule has 4 aromatic carbocycles. The predicted molar refractivity (Wildman–Crippen MR) is 113 cm³/mol. The van der Waals surface area contributed by atoms with Gasteiger partial charge in [0, 0.05) is 17.2 Å². The number of benzene rings is 4. The van der Waals surface area contributed by atoms with E-state index in [2.05, 4.69) is 0 Å². The van der Waals surface area contributed by atoms with E-state index in [0.29, 0.717) is 32.8 Å². The van der Waals surface area contributed by atoms with Crippen molar-refractivity contribution < 1.29 is 25.6 Å². The molecule has 0 saturated carbocycles. The van der Waals surface area contributed by atoms with Crippen molar-refractivity contribution in [3.05, 3.63) is 81.4 Å².